The Labute approximate surface area is 212 Å². The molecule has 37 heavy (non-hydrogen) atoms. The van der Waals surface area contributed by atoms with Crippen LogP contribution in [0.5, 0.6) is 0 Å². The molecule has 6 rings (SSSR count). The second kappa shape index (κ2) is 8.66. The van der Waals surface area contributed by atoms with E-state index in [0.29, 0.717) is 40.9 Å². The zero-order valence-electron chi connectivity index (χ0n) is 20.0. The zero-order chi connectivity index (χ0) is 25.9. The van der Waals surface area contributed by atoms with Gasteiger partial charge in [0.05, 0.1) is 12.0 Å². The number of aromatic nitrogens is 3. The van der Waals surface area contributed by atoms with E-state index in [9.17, 15) is 22.0 Å². The van der Waals surface area contributed by atoms with Crippen LogP contribution in [0.15, 0.2) is 35.4 Å². The van der Waals surface area contributed by atoms with E-state index in [-0.39, 0.29) is 16.6 Å². The Bertz CT molecular complexity index is 1500. The topological polar surface area (TPSA) is 123 Å². The molecule has 3 aromatic rings. The Kier molecular flexibility index (Phi) is 5.64. The molecule has 2 heterocycles. The number of carbonyl (C=O) groups excluding carboxylic acids is 1. The van der Waals surface area contributed by atoms with Crippen molar-refractivity contribution in [1.82, 2.24) is 19.9 Å². The van der Waals surface area contributed by atoms with Crippen molar-refractivity contribution >= 4 is 32.6 Å². The second-order valence-electron chi connectivity index (χ2n) is 10.1. The lowest BCUT2D eigenvalue weighted by Crippen LogP contribution is -2.50. The van der Waals surface area contributed by atoms with E-state index in [0.717, 1.165) is 24.1 Å². The molecule has 0 saturated heterocycles. The van der Waals surface area contributed by atoms with Crippen molar-refractivity contribution in [2.24, 2.45) is 0 Å². The van der Waals surface area contributed by atoms with Crippen LogP contribution < -0.4 is 10.0 Å². The van der Waals surface area contributed by atoms with Gasteiger partial charge in [0.15, 0.2) is 5.69 Å². The first-order chi connectivity index (χ1) is 17.6. The highest BCUT2D eigenvalue weighted by atomic mass is 32.2. The molecule has 2 fully saturated rings. The van der Waals surface area contributed by atoms with E-state index in [1.165, 1.54) is 13.2 Å². The smallest absolute Gasteiger partial charge is 0.358 e. The Morgan fingerprint density at radius 2 is 1.89 bits per heavy atom. The number of pyridine rings is 1. The van der Waals surface area contributed by atoms with Crippen LogP contribution in [0.3, 0.4) is 0 Å². The lowest BCUT2D eigenvalue weighted by atomic mass is 9.89. The van der Waals surface area contributed by atoms with Gasteiger partial charge in [-0.05, 0) is 61.1 Å². The number of esters is 1. The van der Waals surface area contributed by atoms with Crippen molar-refractivity contribution in [2.75, 3.05) is 12.4 Å². The molecule has 0 bridgehead atoms. The number of alkyl halides is 2. The minimum Gasteiger partial charge on any atom is -0.464 e. The van der Waals surface area contributed by atoms with Crippen LogP contribution in [0.25, 0.3) is 10.8 Å². The molecule has 0 amide bonds. The summed E-state index contributed by atoms with van der Waals surface area (Å²) in [5.74, 6) is -2.67. The van der Waals surface area contributed by atoms with E-state index in [1.807, 2.05) is 12.1 Å². The van der Waals surface area contributed by atoms with Gasteiger partial charge in [0.1, 0.15) is 5.82 Å². The Hall–Kier alpha value is -3.25. The van der Waals surface area contributed by atoms with E-state index in [1.54, 1.807) is 12.3 Å². The molecular weight excluding hydrogens is 504 g/mol. The van der Waals surface area contributed by atoms with Gasteiger partial charge in [-0.2, -0.15) is 0 Å². The molecule has 2 saturated carbocycles. The molecule has 2 N–H and O–H groups in total. The maximum atomic E-state index is 13.6. The maximum Gasteiger partial charge on any atom is 0.358 e. The van der Waals surface area contributed by atoms with Crippen molar-refractivity contribution in [2.45, 2.75) is 67.3 Å². The SMILES string of the molecule is COC(=O)c1ccc(N[C@@H]2Cc3cc4cnc(C5CC5)cc4c(S(=O)(=O)NC4CC(F)(F)C4)c3C2)nn1. The van der Waals surface area contributed by atoms with Gasteiger partial charge >= 0.3 is 5.97 Å². The van der Waals surface area contributed by atoms with Gasteiger partial charge in [0.2, 0.25) is 10.0 Å². The molecule has 0 radical (unpaired) electrons. The van der Waals surface area contributed by atoms with Gasteiger partial charge in [0, 0.05) is 53.5 Å². The maximum absolute atomic E-state index is 13.6. The number of sulfonamides is 1. The lowest BCUT2D eigenvalue weighted by Gasteiger charge is -2.35. The summed E-state index contributed by atoms with van der Waals surface area (Å²) in [5.41, 5.74) is 2.45. The summed E-state index contributed by atoms with van der Waals surface area (Å²) in [6.07, 6.45) is 3.66. The van der Waals surface area contributed by atoms with Gasteiger partial charge in [-0.1, -0.05) is 0 Å². The van der Waals surface area contributed by atoms with Gasteiger partial charge in [0.25, 0.3) is 5.92 Å². The Morgan fingerprint density at radius 3 is 2.54 bits per heavy atom. The molecular formula is C25H25F2N5O4S. The first-order valence-electron chi connectivity index (χ1n) is 12.1. The minimum absolute atomic E-state index is 0.0778. The Balaban J connectivity index is 1.34. The minimum atomic E-state index is -4.08. The Morgan fingerprint density at radius 1 is 1.11 bits per heavy atom. The molecule has 12 heteroatoms. The predicted octanol–water partition coefficient (Wildman–Crippen LogP) is 3.34. The van der Waals surface area contributed by atoms with E-state index >= 15 is 0 Å². The van der Waals surface area contributed by atoms with Crippen LogP contribution in [0.1, 0.15) is 58.9 Å². The summed E-state index contributed by atoms with van der Waals surface area (Å²) in [4.78, 5) is 16.3. The molecule has 0 aliphatic heterocycles. The number of nitrogens with zero attached hydrogens (tertiary/aromatic N) is 3. The van der Waals surface area contributed by atoms with Crippen molar-refractivity contribution in [3.63, 3.8) is 0 Å². The summed E-state index contributed by atoms with van der Waals surface area (Å²) in [6, 6.07) is 5.93. The molecule has 194 valence electrons. The summed E-state index contributed by atoms with van der Waals surface area (Å²) in [5, 5.41) is 12.4. The summed E-state index contributed by atoms with van der Waals surface area (Å²) >= 11 is 0. The molecule has 1 aromatic carbocycles. The fourth-order valence-electron chi connectivity index (χ4n) is 5.23. The van der Waals surface area contributed by atoms with E-state index in [2.05, 4.69) is 30.0 Å². The van der Waals surface area contributed by atoms with Crippen molar-refractivity contribution in [1.29, 1.82) is 0 Å². The van der Waals surface area contributed by atoms with Crippen LogP contribution in [0.4, 0.5) is 14.6 Å². The first kappa shape index (κ1) is 24.1. The van der Waals surface area contributed by atoms with E-state index in [4.69, 9.17) is 0 Å². The highest BCUT2D eigenvalue weighted by Gasteiger charge is 2.47. The van der Waals surface area contributed by atoms with Crippen LogP contribution in [0.2, 0.25) is 0 Å². The van der Waals surface area contributed by atoms with Crippen LogP contribution in [-0.2, 0) is 27.6 Å². The molecule has 9 nitrogen and oxygen atoms in total. The number of methoxy groups -OCH3 is 1. The average molecular weight is 530 g/mol. The number of rotatable bonds is 7. The van der Waals surface area contributed by atoms with Crippen molar-refractivity contribution < 1.29 is 26.7 Å². The number of hydrogen-bond acceptors (Lipinski definition) is 8. The molecule has 3 aliphatic carbocycles. The number of carbonyl (C=O) groups is 1. The van der Waals surface area contributed by atoms with Crippen LogP contribution in [-0.4, -0.2) is 54.7 Å². The standard InChI is InChI=1S/C25H25F2N5O4S/c1-36-24(33)20-4-5-22(31-30-20)29-16-7-14-6-15-12-28-21(13-2-3-13)9-19(15)23(18(14)8-16)37(34,35)32-17-10-25(26,27)11-17/h4-6,9,12-13,16-17,32H,2-3,7-8,10-11H2,1H3,(H,29,31)/t16-/m1/s1. The summed E-state index contributed by atoms with van der Waals surface area (Å²) < 4.78 is 61.4. The largest absolute Gasteiger partial charge is 0.464 e. The van der Waals surface area contributed by atoms with Gasteiger partial charge in [-0.15, -0.1) is 10.2 Å². The van der Waals surface area contributed by atoms with Gasteiger partial charge < -0.3 is 10.1 Å². The van der Waals surface area contributed by atoms with Crippen LogP contribution >= 0.6 is 0 Å². The van der Waals surface area contributed by atoms with E-state index < -0.39 is 40.8 Å². The van der Waals surface area contributed by atoms with Crippen molar-refractivity contribution in [3.8, 4) is 0 Å². The van der Waals surface area contributed by atoms with Gasteiger partial charge in [-0.3, -0.25) is 4.98 Å². The molecule has 3 aliphatic rings. The van der Waals surface area contributed by atoms with Crippen molar-refractivity contribution in [3.05, 3.63) is 53.0 Å². The highest BCUT2D eigenvalue weighted by molar-refractivity contribution is 7.89. The number of benzene rings is 1. The fraction of sp³-hybridized carbons (Fsp3) is 0.440. The normalized spacial score (nSPS) is 20.9. The predicted molar refractivity (Wildman–Crippen MR) is 130 cm³/mol. The molecule has 1 atom stereocenters. The highest BCUT2D eigenvalue weighted by Crippen LogP contribution is 2.43. The summed E-state index contributed by atoms with van der Waals surface area (Å²) in [7, 11) is -2.82. The molecule has 0 unspecified atom stereocenters. The molecule has 0 spiro atoms. The average Bonchev–Trinajstić information content (AvgIpc) is 3.61. The third-order valence-electron chi connectivity index (χ3n) is 7.20. The third-order valence-corrected chi connectivity index (χ3v) is 8.84. The lowest BCUT2D eigenvalue weighted by molar-refractivity contribution is -0.0876. The zero-order valence-corrected chi connectivity index (χ0v) is 20.8. The number of halogens is 2. The monoisotopic (exact) mass is 529 g/mol. The number of anilines is 1. The quantitative estimate of drug-likeness (QED) is 0.447. The van der Waals surface area contributed by atoms with Crippen LogP contribution in [0, 0.1) is 0 Å². The molecule has 2 aromatic heterocycles. The number of ether oxygens (including phenoxy) is 1. The number of nitrogens with one attached hydrogen (secondary N) is 2. The first-order valence-corrected chi connectivity index (χ1v) is 13.6. The number of hydrogen-bond donors (Lipinski definition) is 2. The summed E-state index contributed by atoms with van der Waals surface area (Å²) in [6.45, 7) is 0. The number of fused-ring (bicyclic) bond motifs is 2. The van der Waals surface area contributed by atoms with Gasteiger partial charge in [-0.25, -0.2) is 26.7 Å². The fourth-order valence-corrected chi connectivity index (χ4v) is 6.96. The third kappa shape index (κ3) is 4.63. The second-order valence-corrected chi connectivity index (χ2v) is 11.7.